The summed E-state index contributed by atoms with van der Waals surface area (Å²) in [6.07, 6.45) is 0. The molecule has 0 saturated heterocycles. The molecule has 0 spiro atoms. The molecule has 158 valence electrons. The number of fused-ring (bicyclic) bond motifs is 1. The van der Waals surface area contributed by atoms with Gasteiger partial charge in [-0.15, -0.1) is 5.11 Å². The minimum absolute atomic E-state index is 0.0253. The number of aromatic hydroxyl groups is 1. The Hall–Kier alpha value is -2.93. The van der Waals surface area contributed by atoms with E-state index >= 15 is 0 Å². The molecule has 0 unspecified atom stereocenters. The molecule has 30 heavy (non-hydrogen) atoms. The third kappa shape index (κ3) is 4.16. The molecule has 3 N–H and O–H groups in total. The minimum Gasteiger partial charge on any atom is -0.505 e. The van der Waals surface area contributed by atoms with Crippen molar-refractivity contribution < 1.29 is 35.4 Å². The zero-order chi connectivity index (χ0) is 22.4. The standard InChI is InChI=1S/C18H15FN2O7S2/c1-9-3-4-12(8-14(9)19)20-21-17-15(30(26,27)28)7-11-6-13(29(23,24)25)5-10(2)16(11)18(17)22/h3-8,22H,1-2H3,(H,23,24,25)(H,26,27,28). The van der Waals surface area contributed by atoms with Crippen LogP contribution in [0.5, 0.6) is 5.75 Å². The number of phenols is 1. The van der Waals surface area contributed by atoms with Crippen LogP contribution < -0.4 is 0 Å². The van der Waals surface area contributed by atoms with Crippen LogP contribution in [-0.2, 0) is 20.2 Å². The zero-order valence-corrected chi connectivity index (χ0v) is 17.2. The van der Waals surface area contributed by atoms with Crippen molar-refractivity contribution in [3.05, 3.63) is 53.3 Å². The first-order valence-corrected chi connectivity index (χ1v) is 11.1. The molecule has 3 aromatic rings. The van der Waals surface area contributed by atoms with Gasteiger partial charge in [-0.05, 0) is 54.6 Å². The monoisotopic (exact) mass is 454 g/mol. The highest BCUT2D eigenvalue weighted by Crippen LogP contribution is 2.43. The largest absolute Gasteiger partial charge is 0.505 e. The molecular weight excluding hydrogens is 439 g/mol. The topological polar surface area (TPSA) is 154 Å². The third-order valence-electron chi connectivity index (χ3n) is 4.32. The summed E-state index contributed by atoms with van der Waals surface area (Å²) in [4.78, 5) is -1.38. The van der Waals surface area contributed by atoms with Gasteiger partial charge >= 0.3 is 0 Å². The molecule has 0 heterocycles. The summed E-state index contributed by atoms with van der Waals surface area (Å²) in [6, 6.07) is 6.78. The van der Waals surface area contributed by atoms with Gasteiger partial charge in [-0.3, -0.25) is 9.11 Å². The van der Waals surface area contributed by atoms with Gasteiger partial charge in [-0.25, -0.2) is 4.39 Å². The first-order valence-electron chi connectivity index (χ1n) is 8.22. The van der Waals surface area contributed by atoms with E-state index in [4.69, 9.17) is 0 Å². The summed E-state index contributed by atoms with van der Waals surface area (Å²) < 4.78 is 79.1. The number of nitrogens with zero attached hydrogens (tertiary/aromatic N) is 2. The second-order valence-corrected chi connectivity index (χ2v) is 9.31. The summed E-state index contributed by atoms with van der Waals surface area (Å²) in [5.41, 5.74) is -0.0604. The lowest BCUT2D eigenvalue weighted by Crippen LogP contribution is -2.02. The Labute approximate surface area is 171 Å². The van der Waals surface area contributed by atoms with E-state index in [2.05, 4.69) is 10.2 Å². The van der Waals surface area contributed by atoms with Crippen LogP contribution in [0.3, 0.4) is 0 Å². The highest BCUT2D eigenvalue weighted by Gasteiger charge is 2.24. The minimum atomic E-state index is -4.93. The molecule has 0 aromatic heterocycles. The molecule has 0 bridgehead atoms. The number of aryl methyl sites for hydroxylation is 2. The van der Waals surface area contributed by atoms with Crippen molar-refractivity contribution in [2.75, 3.05) is 0 Å². The van der Waals surface area contributed by atoms with E-state index < -0.39 is 47.3 Å². The van der Waals surface area contributed by atoms with E-state index in [1.807, 2.05) is 0 Å². The van der Waals surface area contributed by atoms with Crippen LogP contribution in [0.2, 0.25) is 0 Å². The maximum absolute atomic E-state index is 13.7. The van der Waals surface area contributed by atoms with Crippen LogP contribution in [-0.4, -0.2) is 31.0 Å². The van der Waals surface area contributed by atoms with Crippen molar-refractivity contribution in [2.24, 2.45) is 10.2 Å². The molecule has 0 aliphatic heterocycles. The number of hydrogen-bond donors (Lipinski definition) is 3. The molecule has 0 aliphatic rings. The van der Waals surface area contributed by atoms with Gasteiger partial charge in [-0.2, -0.15) is 21.9 Å². The fourth-order valence-electron chi connectivity index (χ4n) is 2.86. The highest BCUT2D eigenvalue weighted by atomic mass is 32.2. The Morgan fingerprint density at radius 2 is 1.53 bits per heavy atom. The number of benzene rings is 3. The Kier molecular flexibility index (Phi) is 5.37. The molecule has 0 aliphatic carbocycles. The second-order valence-electron chi connectivity index (χ2n) is 6.49. The Morgan fingerprint density at radius 3 is 2.10 bits per heavy atom. The summed E-state index contributed by atoms with van der Waals surface area (Å²) >= 11 is 0. The summed E-state index contributed by atoms with van der Waals surface area (Å²) in [7, 11) is -9.54. The van der Waals surface area contributed by atoms with Gasteiger partial charge in [-0.1, -0.05) is 6.07 Å². The number of phenolic OH excluding ortho intramolecular Hbond substituents is 1. The van der Waals surface area contributed by atoms with Crippen molar-refractivity contribution in [1.29, 1.82) is 0 Å². The number of azo groups is 1. The van der Waals surface area contributed by atoms with Crippen molar-refractivity contribution >= 4 is 42.4 Å². The van der Waals surface area contributed by atoms with Crippen LogP contribution in [0.25, 0.3) is 10.8 Å². The van der Waals surface area contributed by atoms with Gasteiger partial charge in [0.1, 0.15) is 16.4 Å². The molecule has 0 radical (unpaired) electrons. The number of hydrogen-bond acceptors (Lipinski definition) is 7. The maximum Gasteiger partial charge on any atom is 0.296 e. The molecule has 12 heteroatoms. The lowest BCUT2D eigenvalue weighted by Gasteiger charge is -2.12. The average molecular weight is 454 g/mol. The predicted octanol–water partition coefficient (Wildman–Crippen LogP) is 4.21. The summed E-state index contributed by atoms with van der Waals surface area (Å²) in [5, 5.41) is 18.0. The Balaban J connectivity index is 2.32. The van der Waals surface area contributed by atoms with Gasteiger partial charge in [0.2, 0.25) is 0 Å². The second kappa shape index (κ2) is 7.40. The van der Waals surface area contributed by atoms with Crippen molar-refractivity contribution in [3.63, 3.8) is 0 Å². The summed E-state index contributed by atoms with van der Waals surface area (Å²) in [6.45, 7) is 2.95. The number of rotatable bonds is 4. The van der Waals surface area contributed by atoms with E-state index in [9.17, 15) is 35.4 Å². The van der Waals surface area contributed by atoms with Crippen LogP contribution in [0.1, 0.15) is 11.1 Å². The molecule has 0 atom stereocenters. The van der Waals surface area contributed by atoms with E-state index in [1.54, 1.807) is 0 Å². The van der Waals surface area contributed by atoms with Crippen LogP contribution in [0.4, 0.5) is 15.8 Å². The SMILES string of the molecule is Cc1ccc(N=Nc2c(S(=O)(=O)O)cc3cc(S(=O)(=O)O)cc(C)c3c2O)cc1F. The smallest absolute Gasteiger partial charge is 0.296 e. The average Bonchev–Trinajstić information content (AvgIpc) is 2.61. The molecular formula is C18H15FN2O7S2. The van der Waals surface area contributed by atoms with Crippen LogP contribution in [0.15, 0.2) is 56.4 Å². The zero-order valence-electron chi connectivity index (χ0n) is 15.5. The molecule has 0 amide bonds. The lowest BCUT2D eigenvalue weighted by molar-refractivity contribution is 0.472. The van der Waals surface area contributed by atoms with E-state index in [1.165, 1.54) is 26.0 Å². The number of halogens is 1. The highest BCUT2D eigenvalue weighted by molar-refractivity contribution is 7.86. The van der Waals surface area contributed by atoms with Gasteiger partial charge in [0.15, 0.2) is 5.75 Å². The Morgan fingerprint density at radius 1 is 0.867 bits per heavy atom. The van der Waals surface area contributed by atoms with E-state index in [0.29, 0.717) is 5.56 Å². The van der Waals surface area contributed by atoms with Gasteiger partial charge in [0, 0.05) is 11.5 Å². The van der Waals surface area contributed by atoms with Crippen molar-refractivity contribution in [1.82, 2.24) is 0 Å². The Bertz CT molecular complexity index is 1430. The van der Waals surface area contributed by atoms with Crippen molar-refractivity contribution in [2.45, 2.75) is 23.6 Å². The maximum atomic E-state index is 13.7. The van der Waals surface area contributed by atoms with Gasteiger partial charge in [0.05, 0.1) is 10.6 Å². The third-order valence-corrected chi connectivity index (χ3v) is 6.02. The van der Waals surface area contributed by atoms with E-state index in [0.717, 1.165) is 24.3 Å². The molecule has 3 rings (SSSR count). The molecule has 0 fully saturated rings. The summed E-state index contributed by atoms with van der Waals surface area (Å²) in [5.74, 6) is -1.27. The lowest BCUT2D eigenvalue weighted by atomic mass is 10.0. The van der Waals surface area contributed by atoms with Gasteiger partial charge in [0.25, 0.3) is 20.2 Å². The molecule has 3 aromatic carbocycles. The molecule has 9 nitrogen and oxygen atoms in total. The quantitative estimate of drug-likeness (QED) is 0.394. The normalized spacial score (nSPS) is 12.7. The predicted molar refractivity (Wildman–Crippen MR) is 105 cm³/mol. The first-order chi connectivity index (χ1) is 13.8. The fraction of sp³-hybridized carbons (Fsp3) is 0.111. The fourth-order valence-corrected chi connectivity index (χ4v) is 4.12. The first kappa shape index (κ1) is 21.8. The van der Waals surface area contributed by atoms with Gasteiger partial charge < -0.3 is 5.11 Å². The van der Waals surface area contributed by atoms with Crippen LogP contribution in [0, 0.1) is 19.7 Å². The molecule has 0 saturated carbocycles. The van der Waals surface area contributed by atoms with Crippen LogP contribution >= 0.6 is 0 Å². The van der Waals surface area contributed by atoms with E-state index in [-0.39, 0.29) is 22.0 Å². The van der Waals surface area contributed by atoms with Crippen molar-refractivity contribution in [3.8, 4) is 5.75 Å².